The van der Waals surface area contributed by atoms with Crippen LogP contribution >= 0.6 is 0 Å². The largest absolute Gasteiger partial charge is 0.416 e. The van der Waals surface area contributed by atoms with Gasteiger partial charge in [-0.15, -0.1) is 0 Å². The normalized spacial score (nSPS) is 20.7. The molecule has 7 heteroatoms. The van der Waals surface area contributed by atoms with E-state index in [0.717, 1.165) is 23.3 Å². The molecule has 2 aromatic carbocycles. The third kappa shape index (κ3) is 5.27. The number of aldehydes is 1. The second-order valence-electron chi connectivity index (χ2n) is 7.01. The van der Waals surface area contributed by atoms with E-state index in [0.29, 0.717) is 32.3 Å². The number of hydrogen-bond donors (Lipinski definition) is 1. The second-order valence-corrected chi connectivity index (χ2v) is 7.01. The summed E-state index contributed by atoms with van der Waals surface area (Å²) in [7, 11) is 0. The van der Waals surface area contributed by atoms with E-state index in [1.165, 1.54) is 12.1 Å². The highest BCUT2D eigenvalue weighted by molar-refractivity contribution is 6.27. The predicted molar refractivity (Wildman–Crippen MR) is 98.6 cm³/mol. The number of nitrogens with zero attached hydrogens (tertiary/aromatic N) is 1. The SMILES string of the molecule is O=CC(=O)C1CN(Cc2ccccc2)C[C@@H](Cc2ccc(C(F)(F)F)cc2)N1. The van der Waals surface area contributed by atoms with E-state index in [9.17, 15) is 22.8 Å². The van der Waals surface area contributed by atoms with E-state index >= 15 is 0 Å². The molecule has 0 amide bonds. The van der Waals surface area contributed by atoms with E-state index in [1.807, 2.05) is 30.3 Å². The molecule has 1 N–H and O–H groups in total. The molecule has 3 rings (SSSR count). The highest BCUT2D eigenvalue weighted by atomic mass is 19.4. The summed E-state index contributed by atoms with van der Waals surface area (Å²) in [4.78, 5) is 25.0. The molecular formula is C21H21F3N2O2. The van der Waals surface area contributed by atoms with Crippen molar-refractivity contribution in [2.75, 3.05) is 13.1 Å². The van der Waals surface area contributed by atoms with Crippen LogP contribution in [0, 0.1) is 0 Å². The Labute approximate surface area is 161 Å². The number of benzene rings is 2. The third-order valence-corrected chi connectivity index (χ3v) is 4.83. The number of piperazine rings is 1. The molecule has 1 unspecified atom stereocenters. The van der Waals surface area contributed by atoms with Crippen molar-refractivity contribution >= 4 is 12.1 Å². The minimum atomic E-state index is -4.37. The summed E-state index contributed by atoms with van der Waals surface area (Å²) in [6, 6.07) is 14.0. The maximum absolute atomic E-state index is 12.7. The van der Waals surface area contributed by atoms with Gasteiger partial charge in [0.1, 0.15) is 0 Å². The Bertz CT molecular complexity index is 807. The molecule has 0 spiro atoms. The predicted octanol–water partition coefficient (Wildman–Crippen LogP) is 2.86. The van der Waals surface area contributed by atoms with Crippen LogP contribution in [-0.2, 0) is 28.7 Å². The lowest BCUT2D eigenvalue weighted by molar-refractivity contribution is -0.137. The summed E-state index contributed by atoms with van der Waals surface area (Å²) in [5.74, 6) is -0.518. The molecule has 148 valence electrons. The monoisotopic (exact) mass is 390 g/mol. The van der Waals surface area contributed by atoms with Crippen molar-refractivity contribution in [2.24, 2.45) is 0 Å². The number of rotatable bonds is 6. The Hall–Kier alpha value is -2.51. The summed E-state index contributed by atoms with van der Waals surface area (Å²) in [6.07, 6.45) is -3.58. The van der Waals surface area contributed by atoms with Crippen molar-refractivity contribution in [3.05, 3.63) is 71.3 Å². The average Bonchev–Trinajstić information content (AvgIpc) is 2.67. The zero-order valence-electron chi connectivity index (χ0n) is 15.2. The number of Topliss-reactive ketones (excluding diaryl/α,β-unsaturated/α-hetero) is 1. The van der Waals surface area contributed by atoms with Crippen molar-refractivity contribution in [3.63, 3.8) is 0 Å². The number of hydrogen-bond acceptors (Lipinski definition) is 4. The molecule has 28 heavy (non-hydrogen) atoms. The van der Waals surface area contributed by atoms with Crippen LogP contribution in [0.4, 0.5) is 13.2 Å². The maximum atomic E-state index is 12.7. The quantitative estimate of drug-likeness (QED) is 0.609. The van der Waals surface area contributed by atoms with Gasteiger partial charge in [0.15, 0.2) is 6.29 Å². The van der Waals surface area contributed by atoms with Crippen LogP contribution < -0.4 is 5.32 Å². The van der Waals surface area contributed by atoms with Crippen LogP contribution in [0.15, 0.2) is 54.6 Å². The first-order valence-corrected chi connectivity index (χ1v) is 9.02. The van der Waals surface area contributed by atoms with Gasteiger partial charge in [-0.2, -0.15) is 13.2 Å². The van der Waals surface area contributed by atoms with Gasteiger partial charge in [0.05, 0.1) is 11.6 Å². The van der Waals surface area contributed by atoms with E-state index in [-0.39, 0.29) is 6.04 Å². The first kappa shape index (κ1) is 20.2. The van der Waals surface area contributed by atoms with Crippen molar-refractivity contribution in [2.45, 2.75) is 31.2 Å². The Morgan fingerprint density at radius 1 is 1.04 bits per heavy atom. The zero-order valence-corrected chi connectivity index (χ0v) is 15.2. The Kier molecular flexibility index (Phi) is 6.26. The van der Waals surface area contributed by atoms with Crippen LogP contribution in [0.5, 0.6) is 0 Å². The summed E-state index contributed by atoms with van der Waals surface area (Å²) >= 11 is 0. The Morgan fingerprint density at radius 2 is 1.71 bits per heavy atom. The van der Waals surface area contributed by atoms with E-state index in [1.54, 1.807) is 0 Å². The van der Waals surface area contributed by atoms with Gasteiger partial charge in [0.2, 0.25) is 5.78 Å². The number of ketones is 1. The van der Waals surface area contributed by atoms with Gasteiger partial charge < -0.3 is 5.32 Å². The number of carbonyl (C=O) groups excluding carboxylic acids is 2. The van der Waals surface area contributed by atoms with Gasteiger partial charge in [0, 0.05) is 25.7 Å². The molecule has 1 aliphatic heterocycles. The molecule has 0 aliphatic carbocycles. The van der Waals surface area contributed by atoms with Gasteiger partial charge in [-0.05, 0) is 29.7 Å². The highest BCUT2D eigenvalue weighted by Gasteiger charge is 2.32. The van der Waals surface area contributed by atoms with Gasteiger partial charge in [-0.1, -0.05) is 42.5 Å². The lowest BCUT2D eigenvalue weighted by Crippen LogP contribution is -2.59. The van der Waals surface area contributed by atoms with Crippen LogP contribution in [0.1, 0.15) is 16.7 Å². The molecule has 0 radical (unpaired) electrons. The minimum absolute atomic E-state index is 0.150. The fourth-order valence-electron chi connectivity index (χ4n) is 3.50. The van der Waals surface area contributed by atoms with E-state index in [4.69, 9.17) is 0 Å². The fourth-order valence-corrected chi connectivity index (χ4v) is 3.50. The molecule has 2 atom stereocenters. The van der Waals surface area contributed by atoms with Crippen molar-refractivity contribution in [1.29, 1.82) is 0 Å². The van der Waals surface area contributed by atoms with Crippen LogP contribution in [0.25, 0.3) is 0 Å². The molecular weight excluding hydrogens is 369 g/mol. The van der Waals surface area contributed by atoms with Gasteiger partial charge in [-0.25, -0.2) is 0 Å². The minimum Gasteiger partial charge on any atom is -0.302 e. The molecule has 1 saturated heterocycles. The summed E-state index contributed by atoms with van der Waals surface area (Å²) in [6.45, 7) is 1.67. The van der Waals surface area contributed by atoms with Gasteiger partial charge in [-0.3, -0.25) is 14.5 Å². The smallest absolute Gasteiger partial charge is 0.302 e. The third-order valence-electron chi connectivity index (χ3n) is 4.83. The summed E-state index contributed by atoms with van der Waals surface area (Å²) in [5, 5.41) is 3.17. The van der Waals surface area contributed by atoms with Crippen LogP contribution in [-0.4, -0.2) is 42.1 Å². The van der Waals surface area contributed by atoms with Crippen molar-refractivity contribution in [3.8, 4) is 0 Å². The molecule has 0 aromatic heterocycles. The number of carbonyl (C=O) groups is 2. The maximum Gasteiger partial charge on any atom is 0.416 e. The molecule has 1 aliphatic rings. The van der Waals surface area contributed by atoms with Crippen LogP contribution in [0.2, 0.25) is 0 Å². The lowest BCUT2D eigenvalue weighted by atomic mass is 9.98. The molecule has 4 nitrogen and oxygen atoms in total. The molecule has 0 bridgehead atoms. The van der Waals surface area contributed by atoms with Crippen molar-refractivity contribution < 1.29 is 22.8 Å². The van der Waals surface area contributed by atoms with E-state index < -0.39 is 23.6 Å². The fraction of sp³-hybridized carbons (Fsp3) is 0.333. The highest BCUT2D eigenvalue weighted by Crippen LogP contribution is 2.29. The average molecular weight is 390 g/mol. The van der Waals surface area contributed by atoms with Crippen LogP contribution in [0.3, 0.4) is 0 Å². The molecule has 1 heterocycles. The second kappa shape index (κ2) is 8.67. The first-order valence-electron chi connectivity index (χ1n) is 9.02. The standard InChI is InChI=1S/C21H21F3N2O2/c22-21(23,24)17-8-6-15(7-9-17)10-18-12-26(11-16-4-2-1-3-5-16)13-19(25-18)20(28)14-27/h1-9,14,18-19,25H,10-13H2/t18-,19?/m1/s1. The Balaban J connectivity index is 1.71. The zero-order chi connectivity index (χ0) is 20.1. The first-order chi connectivity index (χ1) is 13.3. The van der Waals surface area contributed by atoms with Gasteiger partial charge >= 0.3 is 6.18 Å². The number of halogens is 3. The lowest BCUT2D eigenvalue weighted by Gasteiger charge is -2.38. The van der Waals surface area contributed by atoms with Crippen molar-refractivity contribution in [1.82, 2.24) is 10.2 Å². The number of alkyl halides is 3. The van der Waals surface area contributed by atoms with E-state index in [2.05, 4.69) is 10.2 Å². The Morgan fingerprint density at radius 3 is 2.32 bits per heavy atom. The summed E-state index contributed by atoms with van der Waals surface area (Å²) in [5.41, 5.74) is 1.15. The molecule has 0 saturated carbocycles. The molecule has 2 aromatic rings. The number of nitrogens with one attached hydrogen (secondary N) is 1. The summed E-state index contributed by atoms with van der Waals surface area (Å²) < 4.78 is 38.2. The van der Waals surface area contributed by atoms with Gasteiger partial charge in [0.25, 0.3) is 0 Å². The molecule has 1 fully saturated rings. The topological polar surface area (TPSA) is 49.4 Å².